The zero-order valence-electron chi connectivity index (χ0n) is 14.7. The van der Waals surface area contributed by atoms with Gasteiger partial charge in [0.25, 0.3) is 5.69 Å². The summed E-state index contributed by atoms with van der Waals surface area (Å²) in [6.45, 7) is 2.02. The third-order valence-electron chi connectivity index (χ3n) is 3.99. The number of benzene rings is 2. The SMILES string of the molecule is Cc1cccc(-n2cccc2C=NNC(=O)Cc2ccccc2[N+](=O)[O-])c1. The monoisotopic (exact) mass is 362 g/mol. The number of nitro groups is 1. The molecule has 0 saturated heterocycles. The molecule has 1 heterocycles. The Kier molecular flexibility index (Phi) is 5.41. The summed E-state index contributed by atoms with van der Waals surface area (Å²) in [6, 6.07) is 17.9. The molecule has 1 amide bonds. The molecule has 1 N–H and O–H groups in total. The average molecular weight is 362 g/mol. The van der Waals surface area contributed by atoms with E-state index >= 15 is 0 Å². The van der Waals surface area contributed by atoms with E-state index in [4.69, 9.17) is 0 Å². The summed E-state index contributed by atoms with van der Waals surface area (Å²) in [5.41, 5.74) is 5.62. The number of carbonyl (C=O) groups excluding carboxylic acids is 1. The first-order valence-corrected chi connectivity index (χ1v) is 8.33. The van der Waals surface area contributed by atoms with Crippen molar-refractivity contribution in [1.29, 1.82) is 0 Å². The van der Waals surface area contributed by atoms with Crippen molar-refractivity contribution in [3.05, 3.63) is 93.8 Å². The van der Waals surface area contributed by atoms with Gasteiger partial charge in [0.05, 0.1) is 23.3 Å². The smallest absolute Gasteiger partial charge is 0.273 e. The van der Waals surface area contributed by atoms with Gasteiger partial charge in [-0.05, 0) is 36.8 Å². The number of hydrazone groups is 1. The molecule has 0 aliphatic rings. The van der Waals surface area contributed by atoms with Crippen LogP contribution in [0.2, 0.25) is 0 Å². The zero-order valence-corrected chi connectivity index (χ0v) is 14.7. The number of amides is 1. The molecule has 2 aromatic carbocycles. The van der Waals surface area contributed by atoms with Crippen LogP contribution in [0.1, 0.15) is 16.8 Å². The Bertz CT molecular complexity index is 1010. The van der Waals surface area contributed by atoms with E-state index in [1.54, 1.807) is 24.4 Å². The largest absolute Gasteiger partial charge is 0.316 e. The van der Waals surface area contributed by atoms with E-state index in [-0.39, 0.29) is 12.1 Å². The molecule has 1 aromatic heterocycles. The molecule has 0 fully saturated rings. The fraction of sp³-hybridized carbons (Fsp3) is 0.100. The number of hydrogen-bond donors (Lipinski definition) is 1. The highest BCUT2D eigenvalue weighted by Crippen LogP contribution is 2.18. The molecule has 0 atom stereocenters. The molecule has 0 radical (unpaired) electrons. The minimum absolute atomic E-state index is 0.0787. The van der Waals surface area contributed by atoms with Crippen molar-refractivity contribution in [2.45, 2.75) is 13.3 Å². The predicted molar refractivity (Wildman–Crippen MR) is 103 cm³/mol. The maximum Gasteiger partial charge on any atom is 0.273 e. The van der Waals surface area contributed by atoms with E-state index in [1.165, 1.54) is 6.07 Å². The van der Waals surface area contributed by atoms with Gasteiger partial charge >= 0.3 is 0 Å². The second-order valence-corrected chi connectivity index (χ2v) is 6.00. The van der Waals surface area contributed by atoms with E-state index < -0.39 is 10.8 Å². The van der Waals surface area contributed by atoms with Gasteiger partial charge in [-0.25, -0.2) is 5.43 Å². The van der Waals surface area contributed by atoms with Gasteiger partial charge in [0.2, 0.25) is 5.91 Å². The van der Waals surface area contributed by atoms with Gasteiger partial charge in [-0.1, -0.05) is 30.3 Å². The van der Waals surface area contributed by atoms with Gasteiger partial charge in [0, 0.05) is 23.5 Å². The van der Waals surface area contributed by atoms with Crippen molar-refractivity contribution in [2.24, 2.45) is 5.10 Å². The van der Waals surface area contributed by atoms with Crippen LogP contribution in [-0.2, 0) is 11.2 Å². The van der Waals surface area contributed by atoms with Crippen molar-refractivity contribution in [3.63, 3.8) is 0 Å². The number of aryl methyl sites for hydroxylation is 1. The summed E-state index contributed by atoms with van der Waals surface area (Å²) in [7, 11) is 0. The van der Waals surface area contributed by atoms with E-state index in [0.29, 0.717) is 5.56 Å². The van der Waals surface area contributed by atoms with E-state index in [1.807, 2.05) is 54.1 Å². The summed E-state index contributed by atoms with van der Waals surface area (Å²) in [5, 5.41) is 15.0. The number of aromatic nitrogens is 1. The van der Waals surface area contributed by atoms with Gasteiger partial charge < -0.3 is 4.57 Å². The molecule has 0 unspecified atom stereocenters. The number of hydrogen-bond acceptors (Lipinski definition) is 4. The standard InChI is InChI=1S/C20H18N4O3/c1-15-6-4-8-17(12-15)23-11-5-9-18(23)14-21-22-20(25)13-16-7-2-3-10-19(16)24(26)27/h2-12,14H,13H2,1H3,(H,22,25). The summed E-state index contributed by atoms with van der Waals surface area (Å²) < 4.78 is 1.95. The molecule has 7 nitrogen and oxygen atoms in total. The molecule has 7 heteroatoms. The molecule has 0 aliphatic heterocycles. The van der Waals surface area contributed by atoms with Crippen LogP contribution in [0.25, 0.3) is 5.69 Å². The minimum atomic E-state index is -0.499. The summed E-state index contributed by atoms with van der Waals surface area (Å²) in [4.78, 5) is 22.6. The summed E-state index contributed by atoms with van der Waals surface area (Å²) in [5.74, 6) is -0.422. The van der Waals surface area contributed by atoms with Crippen LogP contribution in [0.4, 0.5) is 5.69 Å². The molecule has 3 rings (SSSR count). The molecular weight excluding hydrogens is 344 g/mol. The number of nitro benzene ring substituents is 1. The maximum absolute atomic E-state index is 12.1. The van der Waals surface area contributed by atoms with Gasteiger partial charge in [-0.15, -0.1) is 0 Å². The normalized spacial score (nSPS) is 10.9. The molecule has 0 spiro atoms. The maximum atomic E-state index is 12.1. The molecule has 0 aliphatic carbocycles. The Hall–Kier alpha value is -3.74. The van der Waals surface area contributed by atoms with Gasteiger partial charge in [0.1, 0.15) is 0 Å². The second-order valence-electron chi connectivity index (χ2n) is 6.00. The van der Waals surface area contributed by atoms with Crippen molar-refractivity contribution in [2.75, 3.05) is 0 Å². The summed E-state index contributed by atoms with van der Waals surface area (Å²) in [6.07, 6.45) is 3.33. The second kappa shape index (κ2) is 8.09. The fourth-order valence-corrected chi connectivity index (χ4v) is 2.73. The molecule has 0 saturated carbocycles. The highest BCUT2D eigenvalue weighted by atomic mass is 16.6. The number of para-hydroxylation sites is 1. The van der Waals surface area contributed by atoms with Crippen LogP contribution < -0.4 is 5.43 Å². The van der Waals surface area contributed by atoms with Crippen LogP contribution in [0.5, 0.6) is 0 Å². The first kappa shape index (κ1) is 18.1. The van der Waals surface area contributed by atoms with Gasteiger partial charge in [-0.2, -0.15) is 5.10 Å². The Morgan fingerprint density at radius 2 is 2.00 bits per heavy atom. The van der Waals surface area contributed by atoms with Crippen LogP contribution in [-0.4, -0.2) is 21.6 Å². The molecule has 0 bridgehead atoms. The minimum Gasteiger partial charge on any atom is -0.316 e. The molecule has 27 heavy (non-hydrogen) atoms. The Balaban J connectivity index is 1.68. The third kappa shape index (κ3) is 4.46. The number of carbonyl (C=O) groups is 1. The van der Waals surface area contributed by atoms with Crippen LogP contribution >= 0.6 is 0 Å². The number of nitrogens with zero attached hydrogens (tertiary/aromatic N) is 3. The average Bonchev–Trinajstić information content (AvgIpc) is 3.10. The van der Waals surface area contributed by atoms with Crippen molar-refractivity contribution in [3.8, 4) is 5.69 Å². The Morgan fingerprint density at radius 3 is 2.78 bits per heavy atom. The molecule has 136 valence electrons. The number of nitrogens with one attached hydrogen (secondary N) is 1. The van der Waals surface area contributed by atoms with Crippen molar-refractivity contribution in [1.82, 2.24) is 9.99 Å². The number of rotatable bonds is 6. The predicted octanol–water partition coefficient (Wildman–Crippen LogP) is 3.39. The van der Waals surface area contributed by atoms with E-state index in [0.717, 1.165) is 16.9 Å². The lowest BCUT2D eigenvalue weighted by Crippen LogP contribution is -2.20. The molecule has 3 aromatic rings. The molecular formula is C20H18N4O3. The Morgan fingerprint density at radius 1 is 1.19 bits per heavy atom. The quantitative estimate of drug-likeness (QED) is 0.414. The zero-order chi connectivity index (χ0) is 19.2. The van der Waals surface area contributed by atoms with Crippen LogP contribution in [0.3, 0.4) is 0 Å². The lowest BCUT2D eigenvalue weighted by Gasteiger charge is -2.07. The first-order valence-electron chi connectivity index (χ1n) is 8.33. The van der Waals surface area contributed by atoms with Crippen LogP contribution in [0, 0.1) is 17.0 Å². The third-order valence-corrected chi connectivity index (χ3v) is 3.99. The van der Waals surface area contributed by atoms with E-state index in [2.05, 4.69) is 10.5 Å². The van der Waals surface area contributed by atoms with Gasteiger partial charge in [0.15, 0.2) is 0 Å². The lowest BCUT2D eigenvalue weighted by molar-refractivity contribution is -0.385. The highest BCUT2D eigenvalue weighted by Gasteiger charge is 2.15. The fourth-order valence-electron chi connectivity index (χ4n) is 2.73. The van der Waals surface area contributed by atoms with Crippen molar-refractivity contribution >= 4 is 17.8 Å². The van der Waals surface area contributed by atoms with Gasteiger partial charge in [-0.3, -0.25) is 14.9 Å². The lowest BCUT2D eigenvalue weighted by atomic mass is 10.1. The topological polar surface area (TPSA) is 89.5 Å². The van der Waals surface area contributed by atoms with Crippen LogP contribution in [0.15, 0.2) is 72.0 Å². The highest BCUT2D eigenvalue weighted by molar-refractivity contribution is 5.83. The Labute approximate surface area is 156 Å². The van der Waals surface area contributed by atoms with E-state index in [9.17, 15) is 14.9 Å². The summed E-state index contributed by atoms with van der Waals surface area (Å²) >= 11 is 0. The van der Waals surface area contributed by atoms with Crippen molar-refractivity contribution < 1.29 is 9.72 Å². The first-order chi connectivity index (χ1) is 13.0.